The highest BCUT2D eigenvalue weighted by Crippen LogP contribution is 2.30. The molecular formula is C21H19N5. The standard InChI is InChI=1S/C21H19N5/c1-25-14-18(12-24-25)16-7-9-26-20(13-23-21(26)11-16)17-6-8-22-19(10-17)15-4-2-3-5-15/h4,6-14H,2-3,5H2,1H3. The highest BCUT2D eigenvalue weighted by molar-refractivity contribution is 5.73. The molecule has 0 spiro atoms. The fraction of sp³-hybridized carbons (Fsp3) is 0.190. The first-order valence-electron chi connectivity index (χ1n) is 8.90. The third-order valence-corrected chi connectivity index (χ3v) is 4.98. The van der Waals surface area contributed by atoms with Crippen molar-refractivity contribution in [2.75, 3.05) is 0 Å². The van der Waals surface area contributed by atoms with Gasteiger partial charge in [0.2, 0.25) is 0 Å². The zero-order chi connectivity index (χ0) is 17.5. The molecule has 0 aromatic carbocycles. The lowest BCUT2D eigenvalue weighted by Gasteiger charge is -2.06. The van der Waals surface area contributed by atoms with Crippen molar-refractivity contribution in [1.29, 1.82) is 0 Å². The maximum atomic E-state index is 4.62. The van der Waals surface area contributed by atoms with Gasteiger partial charge in [-0.25, -0.2) is 4.98 Å². The largest absolute Gasteiger partial charge is 0.300 e. The first-order valence-corrected chi connectivity index (χ1v) is 8.90. The van der Waals surface area contributed by atoms with E-state index < -0.39 is 0 Å². The number of pyridine rings is 2. The van der Waals surface area contributed by atoms with Gasteiger partial charge in [0.25, 0.3) is 0 Å². The van der Waals surface area contributed by atoms with Gasteiger partial charge in [-0.1, -0.05) is 6.08 Å². The number of rotatable bonds is 3. The molecule has 0 saturated carbocycles. The van der Waals surface area contributed by atoms with Crippen LogP contribution in [-0.4, -0.2) is 24.1 Å². The van der Waals surface area contributed by atoms with E-state index in [0.717, 1.165) is 46.6 Å². The Morgan fingerprint density at radius 3 is 2.77 bits per heavy atom. The lowest BCUT2D eigenvalue weighted by atomic mass is 10.1. The SMILES string of the molecule is Cn1cc(-c2ccn3c(-c4ccnc(C5=CCCC5)c4)cnc3c2)cn1. The molecule has 26 heavy (non-hydrogen) atoms. The zero-order valence-corrected chi connectivity index (χ0v) is 14.6. The minimum atomic E-state index is 0.930. The second kappa shape index (κ2) is 5.95. The Balaban J connectivity index is 1.57. The van der Waals surface area contributed by atoms with Crippen molar-refractivity contribution in [3.8, 4) is 22.4 Å². The fourth-order valence-corrected chi connectivity index (χ4v) is 3.61. The lowest BCUT2D eigenvalue weighted by Crippen LogP contribution is -1.92. The number of hydrogen-bond donors (Lipinski definition) is 0. The summed E-state index contributed by atoms with van der Waals surface area (Å²) in [5.74, 6) is 0. The Kier molecular flexibility index (Phi) is 3.45. The van der Waals surface area contributed by atoms with Crippen molar-refractivity contribution in [3.63, 3.8) is 0 Å². The summed E-state index contributed by atoms with van der Waals surface area (Å²) in [4.78, 5) is 9.18. The van der Waals surface area contributed by atoms with E-state index in [1.807, 2.05) is 36.5 Å². The van der Waals surface area contributed by atoms with Crippen LogP contribution in [0.5, 0.6) is 0 Å². The highest BCUT2D eigenvalue weighted by atomic mass is 15.2. The molecule has 4 aromatic rings. The summed E-state index contributed by atoms with van der Waals surface area (Å²) in [6.45, 7) is 0. The summed E-state index contributed by atoms with van der Waals surface area (Å²) in [6.07, 6.45) is 15.6. The number of aryl methyl sites for hydroxylation is 1. The van der Waals surface area contributed by atoms with Gasteiger partial charge in [-0.15, -0.1) is 0 Å². The Labute approximate surface area is 151 Å². The van der Waals surface area contributed by atoms with Crippen LogP contribution in [-0.2, 0) is 7.05 Å². The quantitative estimate of drug-likeness (QED) is 0.556. The van der Waals surface area contributed by atoms with E-state index >= 15 is 0 Å². The maximum Gasteiger partial charge on any atom is 0.137 e. The molecular weight excluding hydrogens is 322 g/mol. The molecule has 5 rings (SSSR count). The number of aromatic nitrogens is 5. The Hall–Kier alpha value is -3.21. The van der Waals surface area contributed by atoms with Crippen LogP contribution in [0.4, 0.5) is 0 Å². The summed E-state index contributed by atoms with van der Waals surface area (Å²) in [7, 11) is 1.93. The van der Waals surface area contributed by atoms with Crippen LogP contribution >= 0.6 is 0 Å². The fourth-order valence-electron chi connectivity index (χ4n) is 3.61. The van der Waals surface area contributed by atoms with E-state index in [2.05, 4.69) is 56.0 Å². The Morgan fingerprint density at radius 2 is 1.96 bits per heavy atom. The van der Waals surface area contributed by atoms with Crippen LogP contribution in [0.25, 0.3) is 33.6 Å². The number of fused-ring (bicyclic) bond motifs is 1. The molecule has 0 N–H and O–H groups in total. The first kappa shape index (κ1) is 15.1. The number of imidazole rings is 1. The molecule has 4 aromatic heterocycles. The molecule has 5 heteroatoms. The average Bonchev–Trinajstić information content (AvgIpc) is 3.42. The molecule has 1 aliphatic carbocycles. The van der Waals surface area contributed by atoms with Gasteiger partial charge in [-0.3, -0.25) is 14.1 Å². The van der Waals surface area contributed by atoms with Gasteiger partial charge in [-0.2, -0.15) is 5.10 Å². The summed E-state index contributed by atoms with van der Waals surface area (Å²) >= 11 is 0. The van der Waals surface area contributed by atoms with E-state index in [1.54, 1.807) is 0 Å². The molecule has 1 aliphatic rings. The minimum absolute atomic E-state index is 0.930. The third kappa shape index (κ3) is 2.52. The van der Waals surface area contributed by atoms with Crippen molar-refractivity contribution in [3.05, 3.63) is 67.0 Å². The molecule has 0 atom stereocenters. The summed E-state index contributed by atoms with van der Waals surface area (Å²) in [5, 5.41) is 4.25. The van der Waals surface area contributed by atoms with Gasteiger partial charge in [0.15, 0.2) is 0 Å². The summed E-state index contributed by atoms with van der Waals surface area (Å²) in [6, 6.07) is 8.44. The van der Waals surface area contributed by atoms with Gasteiger partial charge in [0, 0.05) is 36.8 Å². The maximum absolute atomic E-state index is 4.62. The molecule has 0 aliphatic heterocycles. The molecule has 0 unspecified atom stereocenters. The van der Waals surface area contributed by atoms with Gasteiger partial charge >= 0.3 is 0 Å². The van der Waals surface area contributed by atoms with E-state index in [1.165, 1.54) is 12.0 Å². The van der Waals surface area contributed by atoms with Gasteiger partial charge in [0.05, 0.1) is 23.8 Å². The van der Waals surface area contributed by atoms with Crippen molar-refractivity contribution in [2.45, 2.75) is 19.3 Å². The zero-order valence-electron chi connectivity index (χ0n) is 14.6. The van der Waals surface area contributed by atoms with Gasteiger partial charge in [0.1, 0.15) is 5.65 Å². The van der Waals surface area contributed by atoms with Crippen LogP contribution in [0.3, 0.4) is 0 Å². The van der Waals surface area contributed by atoms with Crippen LogP contribution in [0.15, 0.2) is 61.3 Å². The summed E-state index contributed by atoms with van der Waals surface area (Å²) < 4.78 is 3.94. The molecule has 4 heterocycles. The number of allylic oxidation sites excluding steroid dienone is 2. The highest BCUT2D eigenvalue weighted by Gasteiger charge is 2.12. The van der Waals surface area contributed by atoms with Crippen molar-refractivity contribution in [2.24, 2.45) is 7.05 Å². The second-order valence-corrected chi connectivity index (χ2v) is 6.74. The number of nitrogens with zero attached hydrogens (tertiary/aromatic N) is 5. The van der Waals surface area contributed by atoms with Crippen molar-refractivity contribution < 1.29 is 0 Å². The van der Waals surface area contributed by atoms with Crippen LogP contribution in [0, 0.1) is 0 Å². The molecule has 0 radical (unpaired) electrons. The topological polar surface area (TPSA) is 48.0 Å². The normalized spacial score (nSPS) is 14.1. The summed E-state index contributed by atoms with van der Waals surface area (Å²) in [5.41, 5.74) is 7.82. The number of hydrogen-bond acceptors (Lipinski definition) is 3. The lowest BCUT2D eigenvalue weighted by molar-refractivity contribution is 0.768. The van der Waals surface area contributed by atoms with E-state index in [9.17, 15) is 0 Å². The molecule has 0 saturated heterocycles. The van der Waals surface area contributed by atoms with Gasteiger partial charge in [-0.05, 0) is 54.7 Å². The molecule has 0 fully saturated rings. The molecule has 0 bridgehead atoms. The molecule has 128 valence electrons. The smallest absolute Gasteiger partial charge is 0.137 e. The molecule has 5 nitrogen and oxygen atoms in total. The van der Waals surface area contributed by atoms with Crippen molar-refractivity contribution >= 4 is 11.2 Å². The van der Waals surface area contributed by atoms with E-state index in [0.29, 0.717) is 0 Å². The van der Waals surface area contributed by atoms with Crippen LogP contribution in [0.2, 0.25) is 0 Å². The van der Waals surface area contributed by atoms with E-state index in [-0.39, 0.29) is 0 Å². The van der Waals surface area contributed by atoms with Crippen LogP contribution < -0.4 is 0 Å². The molecule has 0 amide bonds. The average molecular weight is 341 g/mol. The van der Waals surface area contributed by atoms with Gasteiger partial charge < -0.3 is 0 Å². The predicted octanol–water partition coefficient (Wildman–Crippen LogP) is 4.36. The van der Waals surface area contributed by atoms with E-state index in [4.69, 9.17) is 0 Å². The predicted molar refractivity (Wildman–Crippen MR) is 102 cm³/mol. The Morgan fingerprint density at radius 1 is 1.00 bits per heavy atom. The first-order chi connectivity index (χ1) is 12.8. The second-order valence-electron chi connectivity index (χ2n) is 6.74. The minimum Gasteiger partial charge on any atom is -0.300 e. The van der Waals surface area contributed by atoms with Crippen LogP contribution in [0.1, 0.15) is 25.0 Å². The van der Waals surface area contributed by atoms with Crippen molar-refractivity contribution in [1.82, 2.24) is 24.1 Å². The Bertz CT molecular complexity index is 1130. The third-order valence-electron chi connectivity index (χ3n) is 4.98. The monoisotopic (exact) mass is 341 g/mol.